The third kappa shape index (κ3) is 3.51. The van der Waals surface area contributed by atoms with Gasteiger partial charge in [0.05, 0.1) is 0 Å². The lowest BCUT2D eigenvalue weighted by Crippen LogP contribution is -2.20. The van der Waals surface area contributed by atoms with Gasteiger partial charge in [-0.25, -0.2) is 18.7 Å². The van der Waals surface area contributed by atoms with E-state index < -0.39 is 17.7 Å². The molecule has 2 aromatic rings. The number of thioether (sulfide) groups is 1. The van der Waals surface area contributed by atoms with Crippen LogP contribution in [-0.4, -0.2) is 20.5 Å². The predicted molar refractivity (Wildman–Crippen MR) is 77.2 cm³/mol. The number of H-pyrrole nitrogens is 1. The van der Waals surface area contributed by atoms with E-state index in [1.54, 1.807) is 0 Å². The maximum Gasteiger partial charge on any atom is 0.344 e. The van der Waals surface area contributed by atoms with Crippen LogP contribution < -0.4 is 11.4 Å². The van der Waals surface area contributed by atoms with E-state index >= 15 is 0 Å². The standard InChI is InChI=1S/C13H16F2N4OS/c1-7(2)19-12(20)17-18-13(19)21-6-11(16)9-5-8(14)3-4-10(9)15/h3-5,7,11H,6,16H2,1-2H3,(H,17,20). The Hall–Kier alpha value is -1.67. The van der Waals surface area contributed by atoms with E-state index in [1.807, 2.05) is 13.8 Å². The summed E-state index contributed by atoms with van der Waals surface area (Å²) in [6.07, 6.45) is 0. The summed E-state index contributed by atoms with van der Waals surface area (Å²) in [4.78, 5) is 11.6. The van der Waals surface area contributed by atoms with Gasteiger partial charge in [0.25, 0.3) is 0 Å². The number of nitrogens with two attached hydrogens (primary N) is 1. The first-order valence-electron chi connectivity index (χ1n) is 6.40. The number of hydrogen-bond donors (Lipinski definition) is 2. The van der Waals surface area contributed by atoms with Crippen LogP contribution in [0, 0.1) is 11.6 Å². The highest BCUT2D eigenvalue weighted by molar-refractivity contribution is 7.99. The molecule has 1 aromatic heterocycles. The second kappa shape index (κ2) is 6.40. The molecule has 2 rings (SSSR count). The number of rotatable bonds is 5. The summed E-state index contributed by atoms with van der Waals surface area (Å²) in [5, 5.41) is 6.75. The molecule has 3 N–H and O–H groups in total. The molecule has 1 unspecified atom stereocenters. The number of hydrogen-bond acceptors (Lipinski definition) is 4. The van der Waals surface area contributed by atoms with Gasteiger partial charge in [-0.15, -0.1) is 5.10 Å². The highest BCUT2D eigenvalue weighted by Crippen LogP contribution is 2.24. The van der Waals surface area contributed by atoms with Crippen LogP contribution in [0.5, 0.6) is 0 Å². The summed E-state index contributed by atoms with van der Waals surface area (Å²) in [7, 11) is 0. The minimum Gasteiger partial charge on any atom is -0.323 e. The Kier molecular flexibility index (Phi) is 4.79. The van der Waals surface area contributed by atoms with Gasteiger partial charge < -0.3 is 5.73 Å². The van der Waals surface area contributed by atoms with Crippen molar-refractivity contribution < 1.29 is 8.78 Å². The van der Waals surface area contributed by atoms with Crippen LogP contribution in [0.4, 0.5) is 8.78 Å². The topological polar surface area (TPSA) is 76.7 Å². The van der Waals surface area contributed by atoms with Crippen LogP contribution in [0.1, 0.15) is 31.5 Å². The Morgan fingerprint density at radius 1 is 1.43 bits per heavy atom. The van der Waals surface area contributed by atoms with Crippen molar-refractivity contribution in [1.29, 1.82) is 0 Å². The Morgan fingerprint density at radius 2 is 2.14 bits per heavy atom. The fraction of sp³-hybridized carbons (Fsp3) is 0.385. The first-order chi connectivity index (χ1) is 9.90. The molecule has 0 spiro atoms. The number of aromatic nitrogens is 3. The molecule has 0 fully saturated rings. The normalized spacial score (nSPS) is 12.9. The molecule has 8 heteroatoms. The van der Waals surface area contributed by atoms with Crippen LogP contribution in [0.25, 0.3) is 0 Å². The lowest BCUT2D eigenvalue weighted by molar-refractivity contribution is 0.533. The third-order valence-electron chi connectivity index (χ3n) is 2.94. The summed E-state index contributed by atoms with van der Waals surface area (Å²) >= 11 is 1.22. The van der Waals surface area contributed by atoms with Crippen LogP contribution in [0.15, 0.2) is 28.2 Å². The van der Waals surface area contributed by atoms with E-state index in [9.17, 15) is 13.6 Å². The Morgan fingerprint density at radius 3 is 2.81 bits per heavy atom. The van der Waals surface area contributed by atoms with Gasteiger partial charge in [-0.2, -0.15) is 0 Å². The maximum absolute atomic E-state index is 13.6. The van der Waals surface area contributed by atoms with Crippen molar-refractivity contribution >= 4 is 11.8 Å². The molecule has 1 heterocycles. The lowest BCUT2D eigenvalue weighted by atomic mass is 10.1. The Labute approximate surface area is 124 Å². The van der Waals surface area contributed by atoms with Crippen molar-refractivity contribution in [3.05, 3.63) is 45.9 Å². The summed E-state index contributed by atoms with van der Waals surface area (Å²) in [6.45, 7) is 3.71. The largest absolute Gasteiger partial charge is 0.344 e. The quantitative estimate of drug-likeness (QED) is 0.830. The third-order valence-corrected chi connectivity index (χ3v) is 4.01. The van der Waals surface area contributed by atoms with Crippen molar-refractivity contribution in [3.63, 3.8) is 0 Å². The molecule has 21 heavy (non-hydrogen) atoms. The van der Waals surface area contributed by atoms with Crippen LogP contribution in [0.3, 0.4) is 0 Å². The zero-order valence-electron chi connectivity index (χ0n) is 11.6. The summed E-state index contributed by atoms with van der Waals surface area (Å²) in [5.41, 5.74) is 5.69. The smallest absolute Gasteiger partial charge is 0.323 e. The van der Waals surface area contributed by atoms with Gasteiger partial charge in [-0.1, -0.05) is 11.8 Å². The number of nitrogens with zero attached hydrogens (tertiary/aromatic N) is 2. The number of benzene rings is 1. The zero-order valence-corrected chi connectivity index (χ0v) is 12.5. The molecule has 1 atom stereocenters. The molecule has 1 aromatic carbocycles. The summed E-state index contributed by atoms with van der Waals surface area (Å²) in [5.74, 6) is -0.810. The molecule has 0 bridgehead atoms. The SMILES string of the molecule is CC(C)n1c(SCC(N)c2cc(F)ccc2F)n[nH]c1=O. The minimum absolute atomic E-state index is 0.0547. The van der Waals surface area contributed by atoms with E-state index in [-0.39, 0.29) is 23.0 Å². The van der Waals surface area contributed by atoms with Gasteiger partial charge in [-0.05, 0) is 32.0 Å². The number of aromatic amines is 1. The van der Waals surface area contributed by atoms with E-state index in [1.165, 1.54) is 16.3 Å². The molecule has 0 aliphatic heterocycles. The van der Waals surface area contributed by atoms with Crippen LogP contribution in [-0.2, 0) is 0 Å². The fourth-order valence-electron chi connectivity index (χ4n) is 1.90. The van der Waals surface area contributed by atoms with Crippen LogP contribution >= 0.6 is 11.8 Å². The van der Waals surface area contributed by atoms with Crippen molar-refractivity contribution in [1.82, 2.24) is 14.8 Å². The number of nitrogens with one attached hydrogen (secondary N) is 1. The highest BCUT2D eigenvalue weighted by atomic mass is 32.2. The summed E-state index contributed by atoms with van der Waals surface area (Å²) < 4.78 is 28.3. The Balaban J connectivity index is 2.13. The maximum atomic E-state index is 13.6. The molecule has 0 radical (unpaired) electrons. The van der Waals surface area contributed by atoms with Crippen molar-refractivity contribution in [2.45, 2.75) is 31.1 Å². The molecule has 0 saturated carbocycles. The van der Waals surface area contributed by atoms with Crippen LogP contribution in [0.2, 0.25) is 0 Å². The molecule has 0 amide bonds. The lowest BCUT2D eigenvalue weighted by Gasteiger charge is -2.13. The molecule has 0 saturated heterocycles. The molecule has 0 aliphatic carbocycles. The second-order valence-electron chi connectivity index (χ2n) is 4.86. The molecular formula is C13H16F2N4OS. The highest BCUT2D eigenvalue weighted by Gasteiger charge is 2.16. The first-order valence-corrected chi connectivity index (χ1v) is 7.39. The minimum atomic E-state index is -0.696. The van der Waals surface area contributed by atoms with Gasteiger partial charge in [0.1, 0.15) is 11.6 Å². The van der Waals surface area contributed by atoms with Crippen molar-refractivity contribution in [2.75, 3.05) is 5.75 Å². The second-order valence-corrected chi connectivity index (χ2v) is 5.85. The van der Waals surface area contributed by atoms with E-state index in [4.69, 9.17) is 5.73 Å². The van der Waals surface area contributed by atoms with Gasteiger partial charge >= 0.3 is 5.69 Å². The van der Waals surface area contributed by atoms with Gasteiger partial charge in [0.15, 0.2) is 5.16 Å². The monoisotopic (exact) mass is 314 g/mol. The predicted octanol–water partition coefficient (Wildman–Crippen LogP) is 2.22. The average molecular weight is 314 g/mol. The van der Waals surface area contributed by atoms with Crippen molar-refractivity contribution in [2.24, 2.45) is 5.73 Å². The molecule has 114 valence electrons. The molecule has 0 aliphatic rings. The van der Waals surface area contributed by atoms with E-state index in [0.29, 0.717) is 5.16 Å². The molecule has 5 nitrogen and oxygen atoms in total. The van der Waals surface area contributed by atoms with Gasteiger partial charge in [-0.3, -0.25) is 4.57 Å². The molecular weight excluding hydrogens is 298 g/mol. The average Bonchev–Trinajstić information content (AvgIpc) is 2.80. The number of halogens is 2. The van der Waals surface area contributed by atoms with Gasteiger partial charge in [0.2, 0.25) is 0 Å². The Bertz CT molecular complexity index is 683. The fourth-order valence-corrected chi connectivity index (χ4v) is 2.95. The van der Waals surface area contributed by atoms with Crippen molar-refractivity contribution in [3.8, 4) is 0 Å². The van der Waals surface area contributed by atoms with Gasteiger partial charge in [0, 0.05) is 23.4 Å². The summed E-state index contributed by atoms with van der Waals surface area (Å²) in [6, 6.07) is 2.43. The zero-order chi connectivity index (χ0) is 15.6. The van der Waals surface area contributed by atoms with E-state index in [2.05, 4.69) is 10.2 Å². The van der Waals surface area contributed by atoms with E-state index in [0.717, 1.165) is 18.2 Å². The first kappa shape index (κ1) is 15.7.